The number of hydrogen-bond donors (Lipinski definition) is 1. The SMILES string of the molecule is Cc1ccc(Cl)c2c(NC=O)nn(C)c12. The summed E-state index contributed by atoms with van der Waals surface area (Å²) >= 11 is 6.07. The van der Waals surface area contributed by atoms with E-state index in [9.17, 15) is 4.79 Å². The van der Waals surface area contributed by atoms with Crippen molar-refractivity contribution in [2.45, 2.75) is 6.92 Å². The maximum absolute atomic E-state index is 10.4. The van der Waals surface area contributed by atoms with Crippen LogP contribution in [-0.4, -0.2) is 16.2 Å². The number of anilines is 1. The van der Waals surface area contributed by atoms with E-state index in [2.05, 4.69) is 10.4 Å². The smallest absolute Gasteiger partial charge is 0.212 e. The molecule has 0 fully saturated rings. The van der Waals surface area contributed by atoms with Crippen molar-refractivity contribution in [2.75, 3.05) is 5.32 Å². The Morgan fingerprint density at radius 3 is 2.93 bits per heavy atom. The van der Waals surface area contributed by atoms with Crippen LogP contribution < -0.4 is 5.32 Å². The normalized spacial score (nSPS) is 10.6. The highest BCUT2D eigenvalue weighted by molar-refractivity contribution is 6.36. The minimum atomic E-state index is 0.496. The maximum atomic E-state index is 10.4. The molecule has 2 aromatic rings. The second kappa shape index (κ2) is 3.55. The molecule has 1 N–H and O–H groups in total. The molecule has 0 unspecified atom stereocenters. The second-order valence-electron chi connectivity index (χ2n) is 3.32. The number of aryl methyl sites for hydroxylation is 2. The summed E-state index contributed by atoms with van der Waals surface area (Å²) in [6.45, 7) is 1.98. The van der Waals surface area contributed by atoms with Crippen molar-refractivity contribution in [1.82, 2.24) is 9.78 Å². The lowest BCUT2D eigenvalue weighted by atomic mass is 10.1. The van der Waals surface area contributed by atoms with Gasteiger partial charge in [-0.05, 0) is 18.6 Å². The first-order chi connectivity index (χ1) is 7.15. The number of amides is 1. The summed E-state index contributed by atoms with van der Waals surface area (Å²) in [5.74, 6) is 0.496. The Hall–Kier alpha value is -1.55. The molecule has 1 aromatic carbocycles. The van der Waals surface area contributed by atoms with E-state index in [1.807, 2.05) is 20.0 Å². The van der Waals surface area contributed by atoms with Crippen LogP contribution in [0.1, 0.15) is 5.56 Å². The van der Waals surface area contributed by atoms with Crippen LogP contribution in [0.3, 0.4) is 0 Å². The molecule has 0 atom stereocenters. The van der Waals surface area contributed by atoms with E-state index < -0.39 is 0 Å². The van der Waals surface area contributed by atoms with Gasteiger partial charge in [0.1, 0.15) is 0 Å². The number of nitrogens with zero attached hydrogens (tertiary/aromatic N) is 2. The van der Waals surface area contributed by atoms with Crippen molar-refractivity contribution in [3.05, 3.63) is 22.7 Å². The lowest BCUT2D eigenvalue weighted by Crippen LogP contribution is -1.96. The average Bonchev–Trinajstić information content (AvgIpc) is 2.51. The van der Waals surface area contributed by atoms with Crippen molar-refractivity contribution >= 4 is 34.7 Å². The third-order valence-corrected chi connectivity index (χ3v) is 2.65. The van der Waals surface area contributed by atoms with Crippen LogP contribution in [0.2, 0.25) is 5.02 Å². The summed E-state index contributed by atoms with van der Waals surface area (Å²) in [6.07, 6.45) is 0.598. The zero-order valence-electron chi connectivity index (χ0n) is 8.41. The summed E-state index contributed by atoms with van der Waals surface area (Å²) in [4.78, 5) is 10.4. The highest BCUT2D eigenvalue weighted by atomic mass is 35.5. The fourth-order valence-corrected chi connectivity index (χ4v) is 1.96. The number of carbonyl (C=O) groups excluding carboxylic acids is 1. The molecule has 0 bridgehead atoms. The fraction of sp³-hybridized carbons (Fsp3) is 0.200. The van der Waals surface area contributed by atoms with Gasteiger partial charge in [-0.1, -0.05) is 17.7 Å². The summed E-state index contributed by atoms with van der Waals surface area (Å²) in [7, 11) is 1.82. The lowest BCUT2D eigenvalue weighted by Gasteiger charge is -2.00. The Bertz CT molecular complexity index is 533. The summed E-state index contributed by atoms with van der Waals surface area (Å²) in [5, 5.41) is 8.11. The number of fused-ring (bicyclic) bond motifs is 1. The predicted molar refractivity (Wildman–Crippen MR) is 60.1 cm³/mol. The summed E-state index contributed by atoms with van der Waals surface area (Å²) in [5.41, 5.74) is 2.01. The first kappa shape index (κ1) is 9.98. The topological polar surface area (TPSA) is 46.9 Å². The van der Waals surface area contributed by atoms with Crippen LogP contribution in [0.4, 0.5) is 5.82 Å². The van der Waals surface area contributed by atoms with E-state index in [0.29, 0.717) is 17.3 Å². The minimum Gasteiger partial charge on any atom is -0.311 e. The van der Waals surface area contributed by atoms with Gasteiger partial charge in [-0.15, -0.1) is 0 Å². The predicted octanol–water partition coefficient (Wildman–Crippen LogP) is 2.10. The molecule has 0 saturated carbocycles. The van der Waals surface area contributed by atoms with Crippen molar-refractivity contribution < 1.29 is 4.79 Å². The minimum absolute atomic E-state index is 0.496. The molecule has 0 aliphatic heterocycles. The third kappa shape index (κ3) is 1.47. The third-order valence-electron chi connectivity index (χ3n) is 2.33. The van der Waals surface area contributed by atoms with E-state index in [1.165, 1.54) is 0 Å². The lowest BCUT2D eigenvalue weighted by molar-refractivity contribution is -0.105. The Labute approximate surface area is 91.8 Å². The molecule has 1 amide bonds. The molecule has 0 aliphatic rings. The first-order valence-electron chi connectivity index (χ1n) is 4.47. The molecule has 0 spiro atoms. The van der Waals surface area contributed by atoms with Crippen molar-refractivity contribution in [3.63, 3.8) is 0 Å². The van der Waals surface area contributed by atoms with E-state index in [1.54, 1.807) is 10.7 Å². The number of hydrogen-bond acceptors (Lipinski definition) is 2. The molecule has 0 radical (unpaired) electrons. The van der Waals surface area contributed by atoms with Crippen LogP contribution in [0.25, 0.3) is 10.9 Å². The van der Waals surface area contributed by atoms with Crippen LogP contribution in [0, 0.1) is 6.92 Å². The monoisotopic (exact) mass is 223 g/mol. The highest BCUT2D eigenvalue weighted by Crippen LogP contribution is 2.31. The molecule has 78 valence electrons. The average molecular weight is 224 g/mol. The number of nitrogens with one attached hydrogen (secondary N) is 1. The van der Waals surface area contributed by atoms with E-state index in [0.717, 1.165) is 16.5 Å². The molecule has 1 heterocycles. The Kier molecular flexibility index (Phi) is 2.36. The molecule has 5 heteroatoms. The standard InChI is InChI=1S/C10H10ClN3O/c1-6-3-4-7(11)8-9(6)14(2)13-10(8)12-5-15/h3-5H,1-2H3,(H,12,13,15). The van der Waals surface area contributed by atoms with Gasteiger partial charge in [0.25, 0.3) is 0 Å². The van der Waals surface area contributed by atoms with Gasteiger partial charge in [0, 0.05) is 7.05 Å². The number of carbonyl (C=O) groups is 1. The Balaban J connectivity index is 2.85. The summed E-state index contributed by atoms with van der Waals surface area (Å²) in [6, 6.07) is 3.73. The molecule has 4 nitrogen and oxygen atoms in total. The molecular formula is C10H10ClN3O. The van der Waals surface area contributed by atoms with Crippen LogP contribution in [0.15, 0.2) is 12.1 Å². The van der Waals surface area contributed by atoms with E-state index in [4.69, 9.17) is 11.6 Å². The zero-order chi connectivity index (χ0) is 11.0. The fourth-order valence-electron chi connectivity index (χ4n) is 1.72. The number of benzene rings is 1. The van der Waals surface area contributed by atoms with Gasteiger partial charge in [-0.2, -0.15) is 5.10 Å². The molecular weight excluding hydrogens is 214 g/mol. The molecule has 1 aromatic heterocycles. The highest BCUT2D eigenvalue weighted by Gasteiger charge is 2.13. The zero-order valence-corrected chi connectivity index (χ0v) is 9.17. The van der Waals surface area contributed by atoms with Crippen molar-refractivity contribution in [1.29, 1.82) is 0 Å². The quantitative estimate of drug-likeness (QED) is 0.793. The van der Waals surface area contributed by atoms with Crippen LogP contribution in [0.5, 0.6) is 0 Å². The number of rotatable bonds is 2. The molecule has 2 rings (SSSR count). The summed E-state index contributed by atoms with van der Waals surface area (Å²) < 4.78 is 1.71. The van der Waals surface area contributed by atoms with Gasteiger partial charge in [0.2, 0.25) is 6.41 Å². The Morgan fingerprint density at radius 2 is 2.27 bits per heavy atom. The van der Waals surface area contributed by atoms with Crippen molar-refractivity contribution in [2.24, 2.45) is 7.05 Å². The van der Waals surface area contributed by atoms with E-state index in [-0.39, 0.29) is 0 Å². The number of halogens is 1. The largest absolute Gasteiger partial charge is 0.311 e. The van der Waals surface area contributed by atoms with Gasteiger partial charge >= 0.3 is 0 Å². The van der Waals surface area contributed by atoms with Crippen molar-refractivity contribution in [3.8, 4) is 0 Å². The van der Waals surface area contributed by atoms with Gasteiger partial charge in [-0.3, -0.25) is 9.48 Å². The van der Waals surface area contributed by atoms with Crippen LogP contribution >= 0.6 is 11.6 Å². The Morgan fingerprint density at radius 1 is 1.53 bits per heavy atom. The van der Waals surface area contributed by atoms with Gasteiger partial charge in [0.05, 0.1) is 15.9 Å². The van der Waals surface area contributed by atoms with E-state index >= 15 is 0 Å². The molecule has 15 heavy (non-hydrogen) atoms. The van der Waals surface area contributed by atoms with Gasteiger partial charge < -0.3 is 5.32 Å². The second-order valence-corrected chi connectivity index (χ2v) is 3.73. The molecule has 0 aliphatic carbocycles. The van der Waals surface area contributed by atoms with Gasteiger partial charge in [0.15, 0.2) is 5.82 Å². The van der Waals surface area contributed by atoms with Crippen LogP contribution in [-0.2, 0) is 11.8 Å². The first-order valence-corrected chi connectivity index (χ1v) is 4.85. The van der Waals surface area contributed by atoms with Gasteiger partial charge in [-0.25, -0.2) is 0 Å². The molecule has 0 saturated heterocycles. The number of aromatic nitrogens is 2. The maximum Gasteiger partial charge on any atom is 0.212 e.